The highest BCUT2D eigenvalue weighted by Crippen LogP contribution is 2.49. The third-order valence-electron chi connectivity index (χ3n) is 6.47. The molecule has 0 aliphatic carbocycles. The molecule has 0 radical (unpaired) electrons. The number of nitrogens with zero attached hydrogens (tertiary/aromatic N) is 3. The predicted octanol–water partition coefficient (Wildman–Crippen LogP) is 6.25. The van der Waals surface area contributed by atoms with Gasteiger partial charge in [-0.15, -0.1) is 0 Å². The Balaban J connectivity index is 1.29. The first-order valence-corrected chi connectivity index (χ1v) is 11.2. The summed E-state index contributed by atoms with van der Waals surface area (Å²) in [5, 5.41) is 0. The van der Waals surface area contributed by atoms with E-state index < -0.39 is 0 Å². The van der Waals surface area contributed by atoms with E-state index in [4.69, 9.17) is 9.15 Å². The normalized spacial score (nSPS) is 16.3. The van der Waals surface area contributed by atoms with E-state index in [1.807, 2.05) is 24.6 Å². The van der Waals surface area contributed by atoms with Crippen molar-refractivity contribution in [2.75, 3.05) is 18.0 Å². The lowest BCUT2D eigenvalue weighted by Gasteiger charge is -2.42. The van der Waals surface area contributed by atoms with Crippen LogP contribution in [0.15, 0.2) is 90.0 Å². The number of rotatable bonds is 4. The monoisotopic (exact) mass is 423 g/mol. The third-order valence-corrected chi connectivity index (χ3v) is 6.47. The van der Waals surface area contributed by atoms with E-state index in [-0.39, 0.29) is 0 Å². The number of anilines is 2. The van der Waals surface area contributed by atoms with Crippen LogP contribution in [-0.2, 0) is 6.54 Å². The molecule has 2 aliphatic heterocycles. The molecule has 2 aromatic heterocycles. The highest BCUT2D eigenvalue weighted by molar-refractivity contribution is 5.81. The summed E-state index contributed by atoms with van der Waals surface area (Å²) >= 11 is 0. The van der Waals surface area contributed by atoms with Crippen LogP contribution in [0, 0.1) is 0 Å². The Labute approximate surface area is 187 Å². The van der Waals surface area contributed by atoms with Gasteiger partial charge >= 0.3 is 0 Å². The van der Waals surface area contributed by atoms with Crippen molar-refractivity contribution < 1.29 is 9.15 Å². The maximum Gasteiger partial charge on any atom is 0.151 e. The highest BCUT2D eigenvalue weighted by Gasteiger charge is 2.32. The Kier molecular flexibility index (Phi) is 4.89. The van der Waals surface area contributed by atoms with Crippen molar-refractivity contribution in [3.05, 3.63) is 91.1 Å². The molecule has 1 fully saturated rings. The summed E-state index contributed by atoms with van der Waals surface area (Å²) in [4.78, 5) is 9.28. The summed E-state index contributed by atoms with van der Waals surface area (Å²) in [7, 11) is 0. The van der Waals surface area contributed by atoms with Crippen molar-refractivity contribution in [3.8, 4) is 22.6 Å². The Morgan fingerprint density at radius 2 is 1.75 bits per heavy atom. The molecule has 4 aromatic rings. The van der Waals surface area contributed by atoms with Crippen molar-refractivity contribution in [1.82, 2.24) is 9.88 Å². The predicted molar refractivity (Wildman–Crippen MR) is 125 cm³/mol. The van der Waals surface area contributed by atoms with Crippen molar-refractivity contribution in [1.29, 1.82) is 0 Å². The maximum atomic E-state index is 6.37. The number of fused-ring (bicyclic) bond motifs is 2. The smallest absolute Gasteiger partial charge is 0.151 e. The number of pyridine rings is 1. The van der Waals surface area contributed by atoms with Crippen molar-refractivity contribution in [2.45, 2.75) is 25.4 Å². The van der Waals surface area contributed by atoms with Gasteiger partial charge in [0.25, 0.3) is 0 Å². The van der Waals surface area contributed by atoms with Gasteiger partial charge in [-0.1, -0.05) is 24.3 Å². The largest absolute Gasteiger partial charge is 0.472 e. The molecule has 0 amide bonds. The maximum absolute atomic E-state index is 6.37. The highest BCUT2D eigenvalue weighted by atomic mass is 16.5. The van der Waals surface area contributed by atoms with Crippen molar-refractivity contribution in [2.24, 2.45) is 0 Å². The summed E-state index contributed by atoms with van der Waals surface area (Å²) in [5.74, 6) is 1.83. The van der Waals surface area contributed by atoms with Crippen LogP contribution in [0.2, 0.25) is 0 Å². The number of likely N-dealkylation sites (tertiary alicyclic amines) is 1. The topological polar surface area (TPSA) is 41.7 Å². The van der Waals surface area contributed by atoms with Crippen LogP contribution in [0.4, 0.5) is 11.4 Å². The Hall–Kier alpha value is -3.57. The number of benzene rings is 2. The second-order valence-electron chi connectivity index (χ2n) is 8.50. The average Bonchev–Trinajstić information content (AvgIpc) is 3.36. The lowest BCUT2D eigenvalue weighted by molar-refractivity contribution is 0.204. The molecule has 0 saturated carbocycles. The number of furan rings is 1. The second-order valence-corrected chi connectivity index (χ2v) is 8.50. The Morgan fingerprint density at radius 3 is 2.56 bits per heavy atom. The van der Waals surface area contributed by atoms with Crippen molar-refractivity contribution >= 4 is 11.4 Å². The lowest BCUT2D eigenvalue weighted by Crippen LogP contribution is -2.43. The summed E-state index contributed by atoms with van der Waals surface area (Å²) in [6, 6.07) is 21.4. The average molecular weight is 424 g/mol. The van der Waals surface area contributed by atoms with Gasteiger partial charge in [0.1, 0.15) is 0 Å². The van der Waals surface area contributed by atoms with E-state index in [0.717, 1.165) is 66.5 Å². The van der Waals surface area contributed by atoms with Gasteiger partial charge in [-0.2, -0.15) is 0 Å². The van der Waals surface area contributed by atoms with Crippen LogP contribution in [0.1, 0.15) is 18.4 Å². The zero-order valence-corrected chi connectivity index (χ0v) is 17.9. The first-order valence-electron chi connectivity index (χ1n) is 11.2. The molecule has 2 aliphatic rings. The number of hydrogen-bond donors (Lipinski definition) is 0. The molecule has 0 spiro atoms. The standard InChI is InChI=1S/C27H25N3O2/c1-2-6-26-24(5-1)30(23-9-13-29(14-10-23)18-20-11-15-31-19-20)25-8-7-21(16-27(25)32-26)22-4-3-12-28-17-22/h1-8,11-12,15-17,19,23H,9-10,13-14,18H2. The summed E-state index contributed by atoms with van der Waals surface area (Å²) in [5.41, 5.74) is 5.75. The zero-order valence-electron chi connectivity index (χ0n) is 17.9. The van der Waals surface area contributed by atoms with Crippen LogP contribution in [0.3, 0.4) is 0 Å². The molecule has 0 atom stereocenters. The van der Waals surface area contributed by atoms with Crippen LogP contribution >= 0.6 is 0 Å². The first kappa shape index (κ1) is 19.1. The molecular formula is C27H25N3O2. The first-order chi connectivity index (χ1) is 15.8. The molecule has 1 saturated heterocycles. The molecule has 2 aromatic carbocycles. The molecule has 0 bridgehead atoms. The van der Waals surface area contributed by atoms with Gasteiger partial charge in [-0.25, -0.2) is 0 Å². The van der Waals surface area contributed by atoms with Crippen LogP contribution in [-0.4, -0.2) is 29.0 Å². The van der Waals surface area contributed by atoms with Gasteiger partial charge in [0.15, 0.2) is 11.5 Å². The SMILES string of the molecule is c1cncc(-c2ccc3c(c2)Oc2ccccc2N3C2CCN(Cc3ccoc3)CC2)c1. The van der Waals surface area contributed by atoms with E-state index in [1.54, 1.807) is 12.5 Å². The molecule has 0 unspecified atom stereocenters. The fourth-order valence-electron chi connectivity index (χ4n) is 4.87. The number of ether oxygens (including phenoxy) is 1. The van der Waals surface area contributed by atoms with E-state index in [2.05, 4.69) is 63.3 Å². The molecule has 32 heavy (non-hydrogen) atoms. The summed E-state index contributed by atoms with van der Waals surface area (Å²) < 4.78 is 11.6. The summed E-state index contributed by atoms with van der Waals surface area (Å²) in [6.45, 7) is 3.09. The van der Waals surface area contributed by atoms with E-state index in [0.29, 0.717) is 6.04 Å². The molecule has 5 heteroatoms. The minimum absolute atomic E-state index is 0.434. The van der Waals surface area contributed by atoms with Gasteiger partial charge in [0.05, 0.1) is 23.9 Å². The van der Waals surface area contributed by atoms with Gasteiger partial charge in [-0.05, 0) is 54.8 Å². The second kappa shape index (κ2) is 8.17. The molecule has 6 rings (SSSR count). The Morgan fingerprint density at radius 1 is 0.875 bits per heavy atom. The molecule has 0 N–H and O–H groups in total. The molecule has 160 valence electrons. The third kappa shape index (κ3) is 3.55. The minimum Gasteiger partial charge on any atom is -0.472 e. The van der Waals surface area contributed by atoms with E-state index in [9.17, 15) is 0 Å². The quantitative estimate of drug-likeness (QED) is 0.388. The number of piperidine rings is 1. The van der Waals surface area contributed by atoms with E-state index >= 15 is 0 Å². The van der Waals surface area contributed by atoms with Gasteiger partial charge in [-0.3, -0.25) is 9.88 Å². The van der Waals surface area contributed by atoms with Gasteiger partial charge in [0, 0.05) is 49.2 Å². The molecule has 4 heterocycles. The number of hydrogen-bond acceptors (Lipinski definition) is 5. The van der Waals surface area contributed by atoms with Crippen molar-refractivity contribution in [3.63, 3.8) is 0 Å². The van der Waals surface area contributed by atoms with E-state index in [1.165, 1.54) is 5.56 Å². The molecule has 5 nitrogen and oxygen atoms in total. The van der Waals surface area contributed by atoms with Gasteiger partial charge < -0.3 is 14.1 Å². The van der Waals surface area contributed by atoms with Crippen LogP contribution in [0.25, 0.3) is 11.1 Å². The van der Waals surface area contributed by atoms with Gasteiger partial charge in [0.2, 0.25) is 0 Å². The molecular weight excluding hydrogens is 398 g/mol. The summed E-state index contributed by atoms with van der Waals surface area (Å²) in [6.07, 6.45) is 9.51. The lowest BCUT2D eigenvalue weighted by atomic mass is 9.98. The number of para-hydroxylation sites is 2. The Bertz CT molecular complexity index is 1200. The zero-order chi connectivity index (χ0) is 21.3. The van der Waals surface area contributed by atoms with Crippen LogP contribution < -0.4 is 9.64 Å². The fourth-order valence-corrected chi connectivity index (χ4v) is 4.87. The van der Waals surface area contributed by atoms with Crippen LogP contribution in [0.5, 0.6) is 11.5 Å². The fraction of sp³-hybridized carbons (Fsp3) is 0.222. The minimum atomic E-state index is 0.434. The number of aromatic nitrogens is 1.